The Morgan fingerprint density at radius 1 is 1.50 bits per heavy atom. The lowest BCUT2D eigenvalue weighted by atomic mass is 10.2. The van der Waals surface area contributed by atoms with Gasteiger partial charge in [0.2, 0.25) is 0 Å². The van der Waals surface area contributed by atoms with Crippen molar-refractivity contribution in [2.45, 2.75) is 13.5 Å². The highest BCUT2D eigenvalue weighted by atomic mass is 35.5. The number of halogens is 2. The van der Waals surface area contributed by atoms with E-state index < -0.39 is 0 Å². The van der Waals surface area contributed by atoms with E-state index in [1.54, 1.807) is 18.3 Å². The van der Waals surface area contributed by atoms with Gasteiger partial charge in [0.15, 0.2) is 0 Å². The molecule has 0 saturated carbocycles. The van der Waals surface area contributed by atoms with Gasteiger partial charge in [-0.2, -0.15) is 5.10 Å². The molecule has 5 heteroatoms. The molecule has 2 rings (SSSR count). The van der Waals surface area contributed by atoms with Crippen LogP contribution in [-0.4, -0.2) is 10.2 Å². The second-order valence-corrected chi connectivity index (χ2v) is 3.88. The van der Waals surface area contributed by atoms with Crippen molar-refractivity contribution in [2.75, 3.05) is 5.32 Å². The highest BCUT2D eigenvalue weighted by Gasteiger charge is 2.07. The lowest BCUT2D eigenvalue weighted by molar-refractivity contribution is 0.630. The zero-order valence-electron chi connectivity index (χ0n) is 8.72. The van der Waals surface area contributed by atoms with Crippen molar-refractivity contribution in [3.05, 3.63) is 46.5 Å². The zero-order chi connectivity index (χ0) is 11.5. The number of para-hydroxylation sites is 1. The van der Waals surface area contributed by atoms with Crippen LogP contribution >= 0.6 is 11.6 Å². The maximum atomic E-state index is 13.4. The number of anilines is 1. The minimum Gasteiger partial charge on any atom is -0.377 e. The zero-order valence-corrected chi connectivity index (χ0v) is 9.48. The fraction of sp³-hybridized carbons (Fsp3) is 0.182. The van der Waals surface area contributed by atoms with Crippen LogP contribution < -0.4 is 5.32 Å². The maximum Gasteiger partial charge on any atom is 0.147 e. The summed E-state index contributed by atoms with van der Waals surface area (Å²) < 4.78 is 13.4. The number of aromatic amines is 1. The third kappa shape index (κ3) is 2.17. The fourth-order valence-corrected chi connectivity index (χ4v) is 1.63. The SMILES string of the molecule is Cc1[nH]ncc1CNc1c(F)cccc1Cl. The van der Waals surface area contributed by atoms with E-state index in [1.165, 1.54) is 6.07 Å². The summed E-state index contributed by atoms with van der Waals surface area (Å²) in [7, 11) is 0. The van der Waals surface area contributed by atoms with Crippen molar-refractivity contribution in [3.63, 3.8) is 0 Å². The van der Waals surface area contributed by atoms with Crippen LogP contribution in [0.2, 0.25) is 5.02 Å². The molecule has 0 aliphatic rings. The molecule has 0 bridgehead atoms. The molecule has 3 nitrogen and oxygen atoms in total. The highest BCUT2D eigenvalue weighted by Crippen LogP contribution is 2.25. The summed E-state index contributed by atoms with van der Waals surface area (Å²) in [5.74, 6) is -0.353. The van der Waals surface area contributed by atoms with Gasteiger partial charge >= 0.3 is 0 Å². The van der Waals surface area contributed by atoms with E-state index in [4.69, 9.17) is 11.6 Å². The number of aryl methyl sites for hydroxylation is 1. The number of nitrogens with zero attached hydrogens (tertiary/aromatic N) is 1. The molecule has 0 fully saturated rings. The predicted molar refractivity (Wildman–Crippen MR) is 62.1 cm³/mol. The Bertz CT molecular complexity index is 475. The van der Waals surface area contributed by atoms with Crippen molar-refractivity contribution in [3.8, 4) is 0 Å². The molecule has 1 aromatic heterocycles. The van der Waals surface area contributed by atoms with Crippen molar-refractivity contribution in [1.29, 1.82) is 0 Å². The van der Waals surface area contributed by atoms with Crippen LogP contribution in [0.5, 0.6) is 0 Å². The fourth-order valence-electron chi connectivity index (χ4n) is 1.40. The Labute approximate surface area is 97.6 Å². The van der Waals surface area contributed by atoms with E-state index in [0.29, 0.717) is 17.3 Å². The molecular weight excluding hydrogens is 229 g/mol. The van der Waals surface area contributed by atoms with Gasteiger partial charge in [-0.05, 0) is 19.1 Å². The Hall–Kier alpha value is -1.55. The van der Waals surface area contributed by atoms with Gasteiger partial charge in [0.1, 0.15) is 5.82 Å². The molecule has 0 unspecified atom stereocenters. The second-order valence-electron chi connectivity index (χ2n) is 3.47. The molecule has 1 heterocycles. The quantitative estimate of drug-likeness (QED) is 0.864. The standard InChI is InChI=1S/C11H11ClFN3/c1-7-8(6-15-16-7)5-14-11-9(12)3-2-4-10(11)13/h2-4,6,14H,5H2,1H3,(H,15,16). The number of hydrogen-bond donors (Lipinski definition) is 2. The van der Waals surface area contributed by atoms with Gasteiger partial charge in [0, 0.05) is 17.8 Å². The number of aromatic nitrogens is 2. The molecule has 0 amide bonds. The van der Waals surface area contributed by atoms with E-state index in [1.807, 2.05) is 6.92 Å². The van der Waals surface area contributed by atoms with Crippen LogP contribution in [0.15, 0.2) is 24.4 Å². The van der Waals surface area contributed by atoms with Crippen LogP contribution in [0.3, 0.4) is 0 Å². The van der Waals surface area contributed by atoms with E-state index in [2.05, 4.69) is 15.5 Å². The number of benzene rings is 1. The summed E-state index contributed by atoms with van der Waals surface area (Å²) in [6.07, 6.45) is 1.71. The lowest BCUT2D eigenvalue weighted by Crippen LogP contribution is -2.02. The van der Waals surface area contributed by atoms with Crippen LogP contribution in [0, 0.1) is 12.7 Å². The molecule has 0 spiro atoms. The third-order valence-corrected chi connectivity index (χ3v) is 2.67. The van der Waals surface area contributed by atoms with Crippen LogP contribution in [-0.2, 0) is 6.54 Å². The molecule has 16 heavy (non-hydrogen) atoms. The summed E-state index contributed by atoms with van der Waals surface area (Å²) in [4.78, 5) is 0. The number of rotatable bonds is 3. The summed E-state index contributed by atoms with van der Waals surface area (Å²) >= 11 is 5.88. The van der Waals surface area contributed by atoms with Gasteiger partial charge in [-0.15, -0.1) is 0 Å². The van der Waals surface area contributed by atoms with Crippen LogP contribution in [0.25, 0.3) is 0 Å². The average molecular weight is 240 g/mol. The summed E-state index contributed by atoms with van der Waals surface area (Å²) in [6.45, 7) is 2.40. The first-order chi connectivity index (χ1) is 7.68. The predicted octanol–water partition coefficient (Wildman–Crippen LogP) is 3.12. The highest BCUT2D eigenvalue weighted by molar-refractivity contribution is 6.33. The smallest absolute Gasteiger partial charge is 0.147 e. The average Bonchev–Trinajstić information content (AvgIpc) is 2.64. The molecule has 0 atom stereocenters. The molecule has 84 valence electrons. The summed E-state index contributed by atoms with van der Waals surface area (Å²) in [6, 6.07) is 4.59. The van der Waals surface area contributed by atoms with Crippen LogP contribution in [0.1, 0.15) is 11.3 Å². The molecule has 2 N–H and O–H groups in total. The number of hydrogen-bond acceptors (Lipinski definition) is 2. The largest absolute Gasteiger partial charge is 0.377 e. The van der Waals surface area contributed by atoms with Gasteiger partial charge in [0.25, 0.3) is 0 Å². The van der Waals surface area contributed by atoms with Gasteiger partial charge in [-0.1, -0.05) is 17.7 Å². The lowest BCUT2D eigenvalue weighted by Gasteiger charge is -2.08. The number of nitrogens with one attached hydrogen (secondary N) is 2. The van der Waals surface area contributed by atoms with Crippen molar-refractivity contribution in [2.24, 2.45) is 0 Å². The van der Waals surface area contributed by atoms with Gasteiger partial charge in [-0.3, -0.25) is 5.10 Å². The normalized spacial score (nSPS) is 10.4. The monoisotopic (exact) mass is 239 g/mol. The molecule has 0 aliphatic carbocycles. The van der Waals surface area contributed by atoms with Gasteiger partial charge in [-0.25, -0.2) is 4.39 Å². The Morgan fingerprint density at radius 2 is 2.31 bits per heavy atom. The Balaban J connectivity index is 2.14. The first-order valence-electron chi connectivity index (χ1n) is 4.85. The van der Waals surface area contributed by atoms with Crippen molar-refractivity contribution in [1.82, 2.24) is 10.2 Å². The van der Waals surface area contributed by atoms with Crippen LogP contribution in [0.4, 0.5) is 10.1 Å². The number of H-pyrrole nitrogens is 1. The second kappa shape index (κ2) is 4.53. The summed E-state index contributed by atoms with van der Waals surface area (Å²) in [5, 5.41) is 10.0. The van der Waals surface area contributed by atoms with Crippen molar-refractivity contribution >= 4 is 17.3 Å². The minimum atomic E-state index is -0.353. The maximum absolute atomic E-state index is 13.4. The van der Waals surface area contributed by atoms with E-state index in [-0.39, 0.29) is 5.82 Å². The summed E-state index contributed by atoms with van der Waals surface area (Å²) in [5.41, 5.74) is 2.27. The first kappa shape index (κ1) is 11.0. The molecule has 1 aromatic carbocycles. The third-order valence-electron chi connectivity index (χ3n) is 2.35. The minimum absolute atomic E-state index is 0.324. The molecule has 0 radical (unpaired) electrons. The van der Waals surface area contributed by atoms with E-state index >= 15 is 0 Å². The Kier molecular flexibility index (Phi) is 3.10. The molecular formula is C11H11ClFN3. The topological polar surface area (TPSA) is 40.7 Å². The molecule has 0 aliphatic heterocycles. The van der Waals surface area contributed by atoms with E-state index in [0.717, 1.165) is 11.3 Å². The van der Waals surface area contributed by atoms with Gasteiger partial charge in [0.05, 0.1) is 16.9 Å². The van der Waals surface area contributed by atoms with Crippen molar-refractivity contribution < 1.29 is 4.39 Å². The van der Waals surface area contributed by atoms with Gasteiger partial charge < -0.3 is 5.32 Å². The first-order valence-corrected chi connectivity index (χ1v) is 5.23. The Morgan fingerprint density at radius 3 is 2.94 bits per heavy atom. The molecule has 0 saturated heterocycles. The molecule has 2 aromatic rings. The van der Waals surface area contributed by atoms with E-state index in [9.17, 15) is 4.39 Å².